The average molecular weight is 172 g/mol. The highest BCUT2D eigenvalue weighted by Gasteiger charge is 2.02. The van der Waals surface area contributed by atoms with Gasteiger partial charge in [0.25, 0.3) is 0 Å². The standard InChI is InChI=1S/C6H3ClFN3/c7-5-1-4(8)2-11-6(5)9-3-10-11/h1-3H. The fourth-order valence-electron chi connectivity index (χ4n) is 0.855. The van der Waals surface area contributed by atoms with Gasteiger partial charge in [-0.1, -0.05) is 11.6 Å². The van der Waals surface area contributed by atoms with E-state index in [4.69, 9.17) is 11.6 Å². The molecule has 0 saturated carbocycles. The summed E-state index contributed by atoms with van der Waals surface area (Å²) in [6.07, 6.45) is 2.54. The number of aromatic nitrogens is 3. The Morgan fingerprint density at radius 1 is 1.55 bits per heavy atom. The van der Waals surface area contributed by atoms with Crippen molar-refractivity contribution in [3.05, 3.63) is 29.4 Å². The van der Waals surface area contributed by atoms with Gasteiger partial charge < -0.3 is 0 Å². The maximum Gasteiger partial charge on any atom is 0.174 e. The van der Waals surface area contributed by atoms with Crippen molar-refractivity contribution in [2.45, 2.75) is 0 Å². The first-order valence-electron chi connectivity index (χ1n) is 2.92. The second-order valence-corrected chi connectivity index (χ2v) is 2.44. The monoisotopic (exact) mass is 171 g/mol. The minimum atomic E-state index is -0.423. The number of fused-ring (bicyclic) bond motifs is 1. The van der Waals surface area contributed by atoms with Gasteiger partial charge >= 0.3 is 0 Å². The molecule has 2 heterocycles. The van der Waals surface area contributed by atoms with E-state index in [0.29, 0.717) is 5.65 Å². The van der Waals surface area contributed by atoms with Crippen molar-refractivity contribution in [3.8, 4) is 0 Å². The molecule has 0 spiro atoms. The van der Waals surface area contributed by atoms with E-state index >= 15 is 0 Å². The fraction of sp³-hybridized carbons (Fsp3) is 0. The number of halogens is 2. The predicted octanol–water partition coefficient (Wildman–Crippen LogP) is 1.52. The Bertz CT molecular complexity index is 398. The van der Waals surface area contributed by atoms with E-state index in [1.807, 2.05) is 0 Å². The third-order valence-corrected chi connectivity index (χ3v) is 1.58. The molecule has 0 saturated heterocycles. The first kappa shape index (κ1) is 6.54. The van der Waals surface area contributed by atoms with Crippen LogP contribution in [0.15, 0.2) is 18.6 Å². The van der Waals surface area contributed by atoms with E-state index in [2.05, 4.69) is 10.1 Å². The first-order chi connectivity index (χ1) is 5.27. The summed E-state index contributed by atoms with van der Waals surface area (Å²) < 4.78 is 13.9. The van der Waals surface area contributed by atoms with Crippen LogP contribution in [-0.2, 0) is 0 Å². The summed E-state index contributed by atoms with van der Waals surface area (Å²) in [7, 11) is 0. The minimum Gasteiger partial charge on any atom is -0.217 e. The lowest BCUT2D eigenvalue weighted by Gasteiger charge is -1.93. The molecule has 2 aromatic rings. The van der Waals surface area contributed by atoms with E-state index in [-0.39, 0.29) is 5.02 Å². The fourth-order valence-corrected chi connectivity index (χ4v) is 1.09. The van der Waals surface area contributed by atoms with Gasteiger partial charge in [-0.15, -0.1) is 0 Å². The molecular weight excluding hydrogens is 169 g/mol. The van der Waals surface area contributed by atoms with Gasteiger partial charge in [0.15, 0.2) is 5.65 Å². The van der Waals surface area contributed by atoms with Gasteiger partial charge in [-0.05, 0) is 6.07 Å². The summed E-state index contributed by atoms with van der Waals surface area (Å²) in [6.45, 7) is 0. The molecule has 0 radical (unpaired) electrons. The minimum absolute atomic E-state index is 0.266. The van der Waals surface area contributed by atoms with E-state index in [1.54, 1.807) is 0 Å². The average Bonchev–Trinajstić information content (AvgIpc) is 2.34. The van der Waals surface area contributed by atoms with Crippen molar-refractivity contribution in [1.29, 1.82) is 0 Å². The van der Waals surface area contributed by atoms with Crippen LogP contribution in [0.2, 0.25) is 5.02 Å². The Morgan fingerprint density at radius 2 is 2.36 bits per heavy atom. The first-order valence-corrected chi connectivity index (χ1v) is 3.29. The van der Waals surface area contributed by atoms with Crippen molar-refractivity contribution >= 4 is 17.2 Å². The zero-order valence-corrected chi connectivity index (χ0v) is 6.09. The molecule has 3 nitrogen and oxygen atoms in total. The number of hydrogen-bond acceptors (Lipinski definition) is 2. The van der Waals surface area contributed by atoms with Crippen LogP contribution in [0.25, 0.3) is 5.65 Å². The Hall–Kier alpha value is -1.16. The third kappa shape index (κ3) is 0.952. The highest BCUT2D eigenvalue weighted by molar-refractivity contribution is 6.33. The Balaban J connectivity index is 2.91. The van der Waals surface area contributed by atoms with Crippen LogP contribution >= 0.6 is 11.6 Å². The maximum absolute atomic E-state index is 12.6. The summed E-state index contributed by atoms with van der Waals surface area (Å²) in [6, 6.07) is 1.20. The summed E-state index contributed by atoms with van der Waals surface area (Å²) in [4.78, 5) is 3.81. The second-order valence-electron chi connectivity index (χ2n) is 2.03. The highest BCUT2D eigenvalue weighted by Crippen LogP contribution is 2.14. The van der Waals surface area contributed by atoms with Crippen LogP contribution in [0.5, 0.6) is 0 Å². The van der Waals surface area contributed by atoms with Crippen molar-refractivity contribution < 1.29 is 4.39 Å². The smallest absolute Gasteiger partial charge is 0.174 e. The quantitative estimate of drug-likeness (QED) is 0.602. The number of nitrogens with zero attached hydrogens (tertiary/aromatic N) is 3. The SMILES string of the molecule is Fc1cc(Cl)c2ncnn2c1. The van der Waals surface area contributed by atoms with Crippen LogP contribution < -0.4 is 0 Å². The van der Waals surface area contributed by atoms with Crippen LogP contribution in [0.1, 0.15) is 0 Å². The van der Waals surface area contributed by atoms with Gasteiger partial charge in [-0.3, -0.25) is 0 Å². The Morgan fingerprint density at radius 3 is 3.18 bits per heavy atom. The van der Waals surface area contributed by atoms with Gasteiger partial charge in [0.05, 0.1) is 11.2 Å². The molecule has 11 heavy (non-hydrogen) atoms. The zero-order chi connectivity index (χ0) is 7.84. The van der Waals surface area contributed by atoms with Gasteiger partial charge in [-0.2, -0.15) is 5.10 Å². The molecule has 0 N–H and O–H groups in total. The molecule has 0 aliphatic heterocycles. The summed E-state index contributed by atoms with van der Waals surface area (Å²) in [5.41, 5.74) is 0.466. The molecule has 0 amide bonds. The molecule has 0 bridgehead atoms. The zero-order valence-electron chi connectivity index (χ0n) is 5.33. The lowest BCUT2D eigenvalue weighted by atomic mass is 10.5. The van der Waals surface area contributed by atoms with Crippen LogP contribution in [-0.4, -0.2) is 14.6 Å². The summed E-state index contributed by atoms with van der Waals surface area (Å²) in [5, 5.41) is 3.99. The van der Waals surface area contributed by atoms with Crippen LogP contribution in [0.3, 0.4) is 0 Å². The van der Waals surface area contributed by atoms with Gasteiger partial charge in [-0.25, -0.2) is 13.9 Å². The van der Waals surface area contributed by atoms with Gasteiger partial charge in [0.1, 0.15) is 12.1 Å². The molecule has 2 rings (SSSR count). The second kappa shape index (κ2) is 2.17. The molecule has 0 aliphatic rings. The molecule has 0 fully saturated rings. The Kier molecular flexibility index (Phi) is 1.29. The summed E-state index contributed by atoms with van der Waals surface area (Å²) >= 11 is 5.64. The van der Waals surface area contributed by atoms with E-state index in [0.717, 1.165) is 0 Å². The van der Waals surface area contributed by atoms with Crippen molar-refractivity contribution in [3.63, 3.8) is 0 Å². The Labute approximate surface area is 66.4 Å². The molecule has 56 valence electrons. The molecule has 0 aliphatic carbocycles. The van der Waals surface area contributed by atoms with Crippen molar-refractivity contribution in [2.75, 3.05) is 0 Å². The molecule has 0 unspecified atom stereocenters. The molecule has 0 atom stereocenters. The van der Waals surface area contributed by atoms with E-state index < -0.39 is 5.82 Å². The van der Waals surface area contributed by atoms with Gasteiger partial charge in [0, 0.05) is 0 Å². The van der Waals surface area contributed by atoms with Crippen LogP contribution in [0.4, 0.5) is 4.39 Å². The van der Waals surface area contributed by atoms with Crippen LogP contribution in [0, 0.1) is 5.82 Å². The van der Waals surface area contributed by atoms with Crippen molar-refractivity contribution in [1.82, 2.24) is 14.6 Å². The maximum atomic E-state index is 12.6. The summed E-state index contributed by atoms with van der Waals surface area (Å²) in [5.74, 6) is -0.423. The van der Waals surface area contributed by atoms with Crippen molar-refractivity contribution in [2.24, 2.45) is 0 Å². The lowest BCUT2D eigenvalue weighted by molar-refractivity contribution is 0.615. The predicted molar refractivity (Wildman–Crippen MR) is 38.0 cm³/mol. The molecule has 2 aromatic heterocycles. The van der Waals surface area contributed by atoms with Gasteiger partial charge in [0.2, 0.25) is 0 Å². The molecule has 0 aromatic carbocycles. The number of rotatable bonds is 0. The normalized spacial score (nSPS) is 10.7. The number of pyridine rings is 1. The molecular formula is C6H3ClFN3. The molecule has 5 heteroatoms. The topological polar surface area (TPSA) is 30.2 Å². The third-order valence-electron chi connectivity index (χ3n) is 1.30. The largest absolute Gasteiger partial charge is 0.217 e. The lowest BCUT2D eigenvalue weighted by Crippen LogP contribution is -1.89. The highest BCUT2D eigenvalue weighted by atomic mass is 35.5. The number of hydrogen-bond donors (Lipinski definition) is 0. The van der Waals surface area contributed by atoms with E-state index in [9.17, 15) is 4.39 Å². The van der Waals surface area contributed by atoms with E-state index in [1.165, 1.54) is 23.1 Å².